The lowest BCUT2D eigenvalue weighted by molar-refractivity contribution is -0.170. The van der Waals surface area contributed by atoms with Gasteiger partial charge in [0.25, 0.3) is 0 Å². The summed E-state index contributed by atoms with van der Waals surface area (Å²) in [6, 6.07) is 11.3. The molecule has 2 aromatic carbocycles. The van der Waals surface area contributed by atoms with E-state index in [4.69, 9.17) is 25.2 Å². The minimum Gasteiger partial charge on any atom is -0.496 e. The molecule has 0 radical (unpaired) electrons. The number of rotatable bonds is 14. The summed E-state index contributed by atoms with van der Waals surface area (Å²) in [6.07, 6.45) is 4.28. The molecule has 0 saturated carbocycles. The first-order valence-corrected chi connectivity index (χ1v) is 12.8. The van der Waals surface area contributed by atoms with Gasteiger partial charge in [-0.2, -0.15) is 0 Å². The Bertz CT molecular complexity index is 1300. The highest BCUT2D eigenvalue weighted by atomic mass is 19.1. The number of nitrogens with zero attached hydrogens (tertiary/aromatic N) is 3. The van der Waals surface area contributed by atoms with Gasteiger partial charge in [0, 0.05) is 44.1 Å². The fourth-order valence-corrected chi connectivity index (χ4v) is 4.17. The summed E-state index contributed by atoms with van der Waals surface area (Å²) in [5, 5.41) is 33.8. The highest BCUT2D eigenvalue weighted by molar-refractivity contribution is 5.88. The quantitative estimate of drug-likeness (QED) is 0.225. The maximum absolute atomic E-state index is 14.2. The van der Waals surface area contributed by atoms with Gasteiger partial charge in [-0.25, -0.2) is 14.2 Å². The largest absolute Gasteiger partial charge is 0.496 e. The highest BCUT2D eigenvalue weighted by Crippen LogP contribution is 2.24. The van der Waals surface area contributed by atoms with E-state index in [1.165, 1.54) is 17.2 Å². The number of halogens is 1. The lowest BCUT2D eigenvalue weighted by Crippen LogP contribution is -2.42. The Morgan fingerprint density at radius 1 is 1.00 bits per heavy atom. The summed E-state index contributed by atoms with van der Waals surface area (Å²) in [5.74, 6) is -4.26. The number of ether oxygens (including phenoxy) is 1. The number of benzene rings is 2. The molecule has 0 amide bonds. The number of hydrogen-bond donors (Lipinski definition) is 4. The Morgan fingerprint density at radius 2 is 1.63 bits per heavy atom. The van der Waals surface area contributed by atoms with Crippen molar-refractivity contribution >= 4 is 17.9 Å². The molecule has 0 fully saturated rings. The van der Waals surface area contributed by atoms with Crippen LogP contribution in [-0.2, 0) is 34.0 Å². The van der Waals surface area contributed by atoms with Crippen molar-refractivity contribution < 1.29 is 43.9 Å². The van der Waals surface area contributed by atoms with Crippen LogP contribution >= 0.6 is 0 Å². The fourth-order valence-electron chi connectivity index (χ4n) is 4.17. The van der Waals surface area contributed by atoms with Crippen molar-refractivity contribution in [1.29, 1.82) is 0 Å². The number of carbonyl (C=O) groups is 3. The van der Waals surface area contributed by atoms with Crippen LogP contribution < -0.4 is 4.74 Å². The maximum atomic E-state index is 14.2. The second-order valence-electron chi connectivity index (χ2n) is 9.68. The fraction of sp³-hybridized carbons (Fsp3) is 0.379. The van der Waals surface area contributed by atoms with Crippen LogP contribution in [0, 0.1) is 19.7 Å². The Kier molecular flexibility index (Phi) is 12.4. The minimum absolute atomic E-state index is 0.148. The standard InChI is InChI=1S/C23H28FN3O.C6H8O7/c1-18-14-23(28-3)19(2)13-21(18)16-27(11-6-10-26-12-9-25-17-26)15-20-7-4-5-8-22(20)24;7-3(8)1-6(13,5(11)12)2-4(9)10/h4-5,7-9,12-14,17H,6,10-11,15-16H2,1-3H3;13H,1-2H2,(H,7,8)(H,9,10)(H,11,12). The zero-order chi connectivity index (χ0) is 30.6. The first-order valence-electron chi connectivity index (χ1n) is 12.8. The third kappa shape index (κ3) is 10.7. The van der Waals surface area contributed by atoms with Crippen molar-refractivity contribution in [2.75, 3.05) is 13.7 Å². The molecule has 4 N–H and O–H groups in total. The molecule has 1 aromatic heterocycles. The van der Waals surface area contributed by atoms with E-state index in [0.29, 0.717) is 6.54 Å². The lowest BCUT2D eigenvalue weighted by Gasteiger charge is -2.24. The third-order valence-corrected chi connectivity index (χ3v) is 6.33. The highest BCUT2D eigenvalue weighted by Gasteiger charge is 2.40. The predicted molar refractivity (Wildman–Crippen MR) is 147 cm³/mol. The average Bonchev–Trinajstić information content (AvgIpc) is 3.40. The first kappa shape index (κ1) is 32.9. The zero-order valence-electron chi connectivity index (χ0n) is 23.3. The molecule has 0 aliphatic carbocycles. The average molecular weight is 574 g/mol. The maximum Gasteiger partial charge on any atom is 0.336 e. The predicted octanol–water partition coefficient (Wildman–Crippen LogP) is 3.49. The molecule has 0 aliphatic heterocycles. The van der Waals surface area contributed by atoms with E-state index in [9.17, 15) is 18.8 Å². The van der Waals surface area contributed by atoms with Crippen LogP contribution in [-0.4, -0.2) is 72.0 Å². The summed E-state index contributed by atoms with van der Waals surface area (Å²) < 4.78 is 21.7. The molecule has 11 nitrogen and oxygen atoms in total. The third-order valence-electron chi connectivity index (χ3n) is 6.33. The molecular weight excluding hydrogens is 537 g/mol. The molecule has 0 bridgehead atoms. The van der Waals surface area contributed by atoms with Gasteiger partial charge in [0.15, 0.2) is 5.60 Å². The van der Waals surface area contributed by atoms with E-state index in [1.54, 1.807) is 19.4 Å². The Morgan fingerprint density at radius 3 is 2.17 bits per heavy atom. The van der Waals surface area contributed by atoms with E-state index < -0.39 is 36.4 Å². The second-order valence-corrected chi connectivity index (χ2v) is 9.68. The Labute approximate surface area is 237 Å². The number of aryl methyl sites for hydroxylation is 3. The van der Waals surface area contributed by atoms with Crippen molar-refractivity contribution in [3.05, 3.63) is 83.2 Å². The molecule has 0 aliphatic rings. The number of carboxylic acids is 3. The number of carboxylic acid groups (broad SMARTS) is 3. The molecule has 3 rings (SSSR count). The van der Waals surface area contributed by atoms with E-state index >= 15 is 0 Å². The Balaban J connectivity index is 0.000000383. The van der Waals surface area contributed by atoms with Crippen molar-refractivity contribution in [3.8, 4) is 5.75 Å². The topological polar surface area (TPSA) is 162 Å². The van der Waals surface area contributed by atoms with Crippen LogP contribution in [0.25, 0.3) is 0 Å². The summed E-state index contributed by atoms with van der Waals surface area (Å²) in [6.45, 7) is 7.29. The van der Waals surface area contributed by atoms with Gasteiger partial charge in [-0.05, 0) is 49.1 Å². The smallest absolute Gasteiger partial charge is 0.336 e. The van der Waals surface area contributed by atoms with Crippen molar-refractivity contribution in [3.63, 3.8) is 0 Å². The second kappa shape index (κ2) is 15.5. The summed E-state index contributed by atoms with van der Waals surface area (Å²) >= 11 is 0. The van der Waals surface area contributed by atoms with E-state index in [-0.39, 0.29) is 5.82 Å². The minimum atomic E-state index is -2.74. The summed E-state index contributed by atoms with van der Waals surface area (Å²) in [4.78, 5) is 36.9. The number of imidazole rings is 1. The van der Waals surface area contributed by atoms with E-state index in [1.807, 2.05) is 24.7 Å². The summed E-state index contributed by atoms with van der Waals surface area (Å²) in [7, 11) is 1.70. The van der Waals surface area contributed by atoms with E-state index in [2.05, 4.69) is 40.4 Å². The lowest BCUT2D eigenvalue weighted by atomic mass is 9.96. The molecule has 222 valence electrons. The number of aromatic nitrogens is 2. The summed E-state index contributed by atoms with van der Waals surface area (Å²) in [5.41, 5.74) is 1.55. The van der Waals surface area contributed by atoms with E-state index in [0.717, 1.165) is 42.9 Å². The normalized spacial score (nSPS) is 11.1. The van der Waals surface area contributed by atoms with Crippen molar-refractivity contribution in [1.82, 2.24) is 14.5 Å². The molecule has 0 unspecified atom stereocenters. The van der Waals surface area contributed by atoms with Gasteiger partial charge in [-0.15, -0.1) is 0 Å². The number of methoxy groups -OCH3 is 1. The SMILES string of the molecule is COc1cc(C)c(CN(CCCn2ccnc2)Cc2ccccc2F)cc1C.O=C(O)CC(O)(CC(=O)O)C(=O)O. The monoisotopic (exact) mass is 573 g/mol. The molecule has 3 aromatic rings. The van der Waals surface area contributed by atoms with Crippen molar-refractivity contribution in [2.24, 2.45) is 0 Å². The number of aliphatic hydroxyl groups is 1. The molecule has 1 heterocycles. The van der Waals surface area contributed by atoms with Gasteiger partial charge in [0.1, 0.15) is 11.6 Å². The van der Waals surface area contributed by atoms with Crippen LogP contribution in [0.3, 0.4) is 0 Å². The van der Waals surface area contributed by atoms with Crippen molar-refractivity contribution in [2.45, 2.75) is 58.3 Å². The van der Waals surface area contributed by atoms with Crippen LogP contribution in [0.4, 0.5) is 4.39 Å². The van der Waals surface area contributed by atoms with Gasteiger partial charge < -0.3 is 29.7 Å². The van der Waals surface area contributed by atoms with Gasteiger partial charge in [-0.3, -0.25) is 14.5 Å². The molecular formula is C29H36FN3O8. The van der Waals surface area contributed by atoms with Gasteiger partial charge in [0.05, 0.1) is 26.3 Å². The van der Waals surface area contributed by atoms with Crippen LogP contribution in [0.5, 0.6) is 5.75 Å². The molecule has 41 heavy (non-hydrogen) atoms. The van der Waals surface area contributed by atoms with Gasteiger partial charge >= 0.3 is 17.9 Å². The molecule has 0 atom stereocenters. The number of hydrogen-bond acceptors (Lipinski definition) is 7. The van der Waals surface area contributed by atoms with Crippen LogP contribution in [0.2, 0.25) is 0 Å². The molecule has 0 spiro atoms. The molecule has 0 saturated heterocycles. The Hall–Kier alpha value is -4.29. The van der Waals surface area contributed by atoms with Gasteiger partial charge in [-0.1, -0.05) is 24.3 Å². The van der Waals surface area contributed by atoms with Crippen LogP contribution in [0.15, 0.2) is 55.1 Å². The number of aliphatic carboxylic acids is 3. The van der Waals surface area contributed by atoms with Gasteiger partial charge in [0.2, 0.25) is 0 Å². The first-order chi connectivity index (χ1) is 19.3. The van der Waals surface area contributed by atoms with Crippen LogP contribution in [0.1, 0.15) is 41.5 Å². The molecule has 12 heteroatoms. The zero-order valence-corrected chi connectivity index (χ0v) is 23.3.